The number of carbonyl (C=O) groups excluding carboxylic acids is 2. The number of carbonyl (C=O) groups is 2. The number of para-hydroxylation sites is 1. The molecule has 0 aliphatic carbocycles. The molecule has 0 fully saturated rings. The highest BCUT2D eigenvalue weighted by Crippen LogP contribution is 2.22. The molecule has 2 aromatic carbocycles. The Morgan fingerprint density at radius 2 is 1.84 bits per heavy atom. The number of fused-ring (bicyclic) bond motifs is 1. The average molecular weight is 492 g/mol. The number of halogens is 1. The predicted octanol–water partition coefficient (Wildman–Crippen LogP) is 4.96. The van der Waals surface area contributed by atoms with E-state index in [4.69, 9.17) is 4.42 Å². The van der Waals surface area contributed by atoms with Crippen molar-refractivity contribution in [3.63, 3.8) is 0 Å². The Labute approximate surface area is 193 Å². The lowest BCUT2D eigenvalue weighted by molar-refractivity contribution is -0.117. The van der Waals surface area contributed by atoms with Crippen LogP contribution < -0.4 is 10.6 Å². The third-order valence-electron chi connectivity index (χ3n) is 5.12. The van der Waals surface area contributed by atoms with Crippen LogP contribution in [-0.2, 0) is 11.2 Å². The molecule has 0 aliphatic heterocycles. The summed E-state index contributed by atoms with van der Waals surface area (Å²) in [4.78, 5) is 29.0. The number of nitrogens with one attached hydrogen (secondary N) is 3. The Hall–Kier alpha value is -3.58. The lowest BCUT2D eigenvalue weighted by atomic mass is 10.1. The summed E-state index contributed by atoms with van der Waals surface area (Å²) in [6, 6.07) is 18.4. The molecule has 0 spiro atoms. The lowest BCUT2D eigenvalue weighted by Gasteiger charge is -2.11. The molecule has 4 rings (SSSR count). The van der Waals surface area contributed by atoms with Crippen molar-refractivity contribution in [2.24, 2.45) is 0 Å². The van der Waals surface area contributed by atoms with Gasteiger partial charge in [0.05, 0.1) is 6.26 Å². The SMILES string of the molecule is Cc1[nH]c2ccccc2c1CCNC(=O)/C(=C/c1ccco1)NC(=O)c1ccc(Br)cc1. The zero-order chi connectivity index (χ0) is 22.5. The second kappa shape index (κ2) is 9.70. The summed E-state index contributed by atoms with van der Waals surface area (Å²) in [5.74, 6) is -0.291. The summed E-state index contributed by atoms with van der Waals surface area (Å²) in [5.41, 5.74) is 3.88. The molecule has 0 bridgehead atoms. The van der Waals surface area contributed by atoms with Crippen LogP contribution >= 0.6 is 15.9 Å². The second-order valence-corrected chi connectivity index (χ2v) is 8.23. The van der Waals surface area contributed by atoms with E-state index in [2.05, 4.69) is 37.6 Å². The van der Waals surface area contributed by atoms with Crippen molar-refractivity contribution in [3.05, 3.63) is 99.7 Å². The highest BCUT2D eigenvalue weighted by molar-refractivity contribution is 9.10. The Balaban J connectivity index is 1.47. The number of hydrogen-bond acceptors (Lipinski definition) is 3. The summed E-state index contributed by atoms with van der Waals surface area (Å²) in [6.07, 6.45) is 3.69. The fraction of sp³-hybridized carbons (Fsp3) is 0.120. The van der Waals surface area contributed by atoms with E-state index in [0.717, 1.165) is 26.6 Å². The summed E-state index contributed by atoms with van der Waals surface area (Å²) in [6.45, 7) is 2.45. The number of rotatable bonds is 7. The molecule has 32 heavy (non-hydrogen) atoms. The quantitative estimate of drug-likeness (QED) is 0.319. The van der Waals surface area contributed by atoms with Crippen LogP contribution in [0.4, 0.5) is 0 Å². The van der Waals surface area contributed by atoms with Crippen molar-refractivity contribution in [2.45, 2.75) is 13.3 Å². The van der Waals surface area contributed by atoms with Gasteiger partial charge in [-0.25, -0.2) is 0 Å². The van der Waals surface area contributed by atoms with Crippen LogP contribution in [0.3, 0.4) is 0 Å². The van der Waals surface area contributed by atoms with Gasteiger partial charge in [-0.15, -0.1) is 0 Å². The van der Waals surface area contributed by atoms with Gasteiger partial charge in [0.1, 0.15) is 11.5 Å². The minimum Gasteiger partial charge on any atom is -0.465 e. The summed E-state index contributed by atoms with van der Waals surface area (Å²) in [7, 11) is 0. The molecular formula is C25H22BrN3O3. The third kappa shape index (κ3) is 5.00. The molecule has 0 radical (unpaired) electrons. The molecule has 162 valence electrons. The third-order valence-corrected chi connectivity index (χ3v) is 5.65. The molecule has 0 atom stereocenters. The molecule has 0 saturated carbocycles. The van der Waals surface area contributed by atoms with E-state index in [1.165, 1.54) is 12.3 Å². The predicted molar refractivity (Wildman–Crippen MR) is 128 cm³/mol. The monoisotopic (exact) mass is 491 g/mol. The van der Waals surface area contributed by atoms with Crippen LogP contribution in [0.15, 0.2) is 81.5 Å². The first-order valence-corrected chi connectivity index (χ1v) is 11.0. The van der Waals surface area contributed by atoms with E-state index < -0.39 is 0 Å². The molecule has 0 unspecified atom stereocenters. The molecule has 3 N–H and O–H groups in total. The Bertz CT molecular complexity index is 1270. The van der Waals surface area contributed by atoms with E-state index >= 15 is 0 Å². The zero-order valence-corrected chi connectivity index (χ0v) is 19.0. The molecule has 2 amide bonds. The first-order chi connectivity index (χ1) is 15.5. The number of aromatic nitrogens is 1. The first-order valence-electron chi connectivity index (χ1n) is 10.2. The van der Waals surface area contributed by atoms with Gasteiger partial charge in [0.15, 0.2) is 0 Å². The molecule has 2 aromatic heterocycles. The molecular weight excluding hydrogens is 470 g/mol. The van der Waals surface area contributed by atoms with E-state index in [1.807, 2.05) is 25.1 Å². The molecule has 7 heteroatoms. The number of amides is 2. The minimum atomic E-state index is -0.385. The fourth-order valence-electron chi connectivity index (χ4n) is 3.52. The van der Waals surface area contributed by atoms with Gasteiger partial charge in [-0.1, -0.05) is 34.1 Å². The Morgan fingerprint density at radius 3 is 2.59 bits per heavy atom. The highest BCUT2D eigenvalue weighted by atomic mass is 79.9. The number of aromatic amines is 1. The number of benzene rings is 2. The molecule has 2 heterocycles. The van der Waals surface area contributed by atoms with Crippen LogP contribution in [0.5, 0.6) is 0 Å². The van der Waals surface area contributed by atoms with Gasteiger partial charge in [0, 0.05) is 39.3 Å². The van der Waals surface area contributed by atoms with E-state index in [9.17, 15) is 9.59 Å². The van der Waals surface area contributed by atoms with Gasteiger partial charge in [0.25, 0.3) is 11.8 Å². The van der Waals surface area contributed by atoms with Crippen molar-refractivity contribution >= 4 is 44.7 Å². The molecule has 4 aromatic rings. The number of hydrogen-bond donors (Lipinski definition) is 3. The van der Waals surface area contributed by atoms with Crippen LogP contribution in [-0.4, -0.2) is 23.3 Å². The Morgan fingerprint density at radius 1 is 1.06 bits per heavy atom. The van der Waals surface area contributed by atoms with Crippen molar-refractivity contribution in [1.29, 1.82) is 0 Å². The minimum absolute atomic E-state index is 0.114. The highest BCUT2D eigenvalue weighted by Gasteiger charge is 2.16. The maximum atomic E-state index is 12.9. The van der Waals surface area contributed by atoms with Gasteiger partial charge in [-0.05, 0) is 61.4 Å². The average Bonchev–Trinajstić information content (AvgIpc) is 3.41. The number of furan rings is 1. The topological polar surface area (TPSA) is 87.1 Å². The van der Waals surface area contributed by atoms with Gasteiger partial charge in [-0.2, -0.15) is 0 Å². The van der Waals surface area contributed by atoms with Gasteiger partial charge in [0.2, 0.25) is 0 Å². The van der Waals surface area contributed by atoms with E-state index in [0.29, 0.717) is 24.3 Å². The fourth-order valence-corrected chi connectivity index (χ4v) is 3.79. The normalized spacial score (nSPS) is 11.5. The van der Waals surface area contributed by atoms with E-state index in [1.54, 1.807) is 36.4 Å². The Kier molecular flexibility index (Phi) is 6.56. The van der Waals surface area contributed by atoms with Crippen LogP contribution in [0.25, 0.3) is 17.0 Å². The van der Waals surface area contributed by atoms with Gasteiger partial charge < -0.3 is 20.0 Å². The smallest absolute Gasteiger partial charge is 0.267 e. The largest absolute Gasteiger partial charge is 0.465 e. The maximum Gasteiger partial charge on any atom is 0.267 e. The molecule has 0 saturated heterocycles. The molecule has 6 nitrogen and oxygen atoms in total. The lowest BCUT2D eigenvalue weighted by Crippen LogP contribution is -2.35. The first kappa shape index (κ1) is 21.6. The van der Waals surface area contributed by atoms with Crippen LogP contribution in [0.1, 0.15) is 27.4 Å². The van der Waals surface area contributed by atoms with Crippen molar-refractivity contribution in [3.8, 4) is 0 Å². The molecule has 0 aliphatic rings. The van der Waals surface area contributed by atoms with Gasteiger partial charge >= 0.3 is 0 Å². The van der Waals surface area contributed by atoms with Crippen LogP contribution in [0, 0.1) is 6.92 Å². The van der Waals surface area contributed by atoms with Gasteiger partial charge in [-0.3, -0.25) is 9.59 Å². The maximum absolute atomic E-state index is 12.9. The summed E-state index contributed by atoms with van der Waals surface area (Å²) in [5, 5.41) is 6.76. The second-order valence-electron chi connectivity index (χ2n) is 7.31. The summed E-state index contributed by atoms with van der Waals surface area (Å²) < 4.78 is 6.19. The standard InChI is InChI=1S/C25H22BrN3O3/c1-16-20(21-6-2-3-7-22(21)28-16)12-13-27-25(31)23(15-19-5-4-14-32-19)29-24(30)17-8-10-18(26)11-9-17/h2-11,14-15,28H,12-13H2,1H3,(H,27,31)(H,29,30)/b23-15-. The summed E-state index contributed by atoms with van der Waals surface area (Å²) >= 11 is 3.35. The van der Waals surface area contributed by atoms with Crippen molar-refractivity contribution in [1.82, 2.24) is 15.6 Å². The number of H-pyrrole nitrogens is 1. The van der Waals surface area contributed by atoms with Crippen LogP contribution in [0.2, 0.25) is 0 Å². The zero-order valence-electron chi connectivity index (χ0n) is 17.4. The van der Waals surface area contributed by atoms with E-state index in [-0.39, 0.29) is 17.5 Å². The van der Waals surface area contributed by atoms with Crippen molar-refractivity contribution in [2.75, 3.05) is 6.54 Å². The number of aryl methyl sites for hydroxylation is 1. The van der Waals surface area contributed by atoms with Crippen molar-refractivity contribution < 1.29 is 14.0 Å².